The Hall–Kier alpha value is -2.19. The van der Waals surface area contributed by atoms with Crippen LogP contribution in [0, 0.1) is 0 Å². The number of carbonyl (C=O) groups is 1. The average Bonchev–Trinajstić information content (AvgIpc) is 2.40. The third kappa shape index (κ3) is 2.89. The molecule has 0 spiro atoms. The van der Waals surface area contributed by atoms with Crippen LogP contribution in [0.5, 0.6) is 0 Å². The number of carbonyl (C=O) groups excluding carboxylic acids is 1. The minimum atomic E-state index is 0.0250. The number of primary amides is 1. The number of amides is 1. The maximum absolute atomic E-state index is 11.9. The maximum atomic E-state index is 11.9. The first-order valence-corrected chi connectivity index (χ1v) is 5.46. The molecule has 0 aliphatic rings. The third-order valence-corrected chi connectivity index (χ3v) is 2.53. The second kappa shape index (κ2) is 5.23. The van der Waals surface area contributed by atoms with E-state index in [4.69, 9.17) is 0 Å². The fourth-order valence-electron chi connectivity index (χ4n) is 1.57. The lowest BCUT2D eigenvalue weighted by Gasteiger charge is -1.99. The van der Waals surface area contributed by atoms with Crippen LogP contribution in [0.1, 0.15) is 15.9 Å². The van der Waals surface area contributed by atoms with Crippen molar-refractivity contribution in [1.82, 2.24) is 0 Å². The van der Waals surface area contributed by atoms with E-state index in [-0.39, 0.29) is 5.91 Å². The van der Waals surface area contributed by atoms with Crippen molar-refractivity contribution in [2.24, 2.45) is 0 Å². The molecule has 0 bridgehead atoms. The first-order valence-electron chi connectivity index (χ1n) is 5.46. The Kier molecular flexibility index (Phi) is 3.48. The molecule has 0 saturated carbocycles. The van der Waals surface area contributed by atoms with Crippen LogP contribution < -0.4 is 5.32 Å². The molecule has 0 atom stereocenters. The monoisotopic (exact) mass is 224 g/mol. The SMILES string of the molecule is C=Cc1ccc([NH2+]C(=O)c2ccccc2)cc1. The van der Waals surface area contributed by atoms with Crippen molar-refractivity contribution in [3.05, 3.63) is 72.3 Å². The zero-order valence-corrected chi connectivity index (χ0v) is 9.47. The van der Waals surface area contributed by atoms with Crippen molar-refractivity contribution in [2.45, 2.75) is 0 Å². The van der Waals surface area contributed by atoms with Gasteiger partial charge >= 0.3 is 5.91 Å². The number of hydrogen-bond donors (Lipinski definition) is 1. The molecule has 0 aliphatic heterocycles. The van der Waals surface area contributed by atoms with E-state index in [1.54, 1.807) is 11.4 Å². The Morgan fingerprint density at radius 2 is 1.65 bits per heavy atom. The summed E-state index contributed by atoms with van der Waals surface area (Å²) in [5, 5.41) is 1.64. The van der Waals surface area contributed by atoms with Crippen LogP contribution in [-0.4, -0.2) is 5.91 Å². The van der Waals surface area contributed by atoms with Gasteiger partial charge in [0.15, 0.2) is 0 Å². The van der Waals surface area contributed by atoms with Gasteiger partial charge in [-0.05, 0) is 29.8 Å². The summed E-state index contributed by atoms with van der Waals surface area (Å²) in [6.07, 6.45) is 1.78. The van der Waals surface area contributed by atoms with Gasteiger partial charge in [0.1, 0.15) is 5.69 Å². The summed E-state index contributed by atoms with van der Waals surface area (Å²) >= 11 is 0. The lowest BCUT2D eigenvalue weighted by molar-refractivity contribution is -0.464. The molecule has 2 rings (SSSR count). The van der Waals surface area contributed by atoms with E-state index < -0.39 is 0 Å². The minimum Gasteiger partial charge on any atom is -0.247 e. The summed E-state index contributed by atoms with van der Waals surface area (Å²) < 4.78 is 0. The van der Waals surface area contributed by atoms with E-state index in [9.17, 15) is 4.79 Å². The molecule has 2 N–H and O–H groups in total. The molecule has 2 aromatic rings. The van der Waals surface area contributed by atoms with Crippen molar-refractivity contribution in [3.63, 3.8) is 0 Å². The topological polar surface area (TPSA) is 33.7 Å². The molecule has 0 aromatic heterocycles. The van der Waals surface area contributed by atoms with Crippen LogP contribution in [-0.2, 0) is 0 Å². The van der Waals surface area contributed by atoms with E-state index in [2.05, 4.69) is 6.58 Å². The standard InChI is InChI=1S/C15H13NO/c1-2-12-8-10-14(11-9-12)16-15(17)13-6-4-3-5-7-13/h2-11H,1H2,(H,16,17)/p+1. The molecule has 0 saturated heterocycles. The molecule has 1 amide bonds. The zero-order chi connectivity index (χ0) is 12.1. The van der Waals surface area contributed by atoms with Gasteiger partial charge in [0.2, 0.25) is 0 Å². The molecule has 0 aliphatic carbocycles. The van der Waals surface area contributed by atoms with Gasteiger partial charge in [-0.25, -0.2) is 10.1 Å². The van der Waals surface area contributed by atoms with Gasteiger partial charge in [0, 0.05) is 12.1 Å². The minimum absolute atomic E-state index is 0.0250. The highest BCUT2D eigenvalue weighted by Gasteiger charge is 2.09. The van der Waals surface area contributed by atoms with E-state index >= 15 is 0 Å². The molecule has 0 radical (unpaired) electrons. The van der Waals surface area contributed by atoms with Crippen molar-refractivity contribution in [3.8, 4) is 0 Å². The lowest BCUT2D eigenvalue weighted by Crippen LogP contribution is -2.82. The van der Waals surface area contributed by atoms with Gasteiger partial charge in [0.25, 0.3) is 0 Å². The highest BCUT2D eigenvalue weighted by molar-refractivity contribution is 5.87. The molecule has 84 valence electrons. The predicted molar refractivity (Wildman–Crippen MR) is 68.9 cm³/mol. The highest BCUT2D eigenvalue weighted by atomic mass is 16.1. The molecule has 2 heteroatoms. The van der Waals surface area contributed by atoms with Crippen molar-refractivity contribution in [2.75, 3.05) is 0 Å². The third-order valence-electron chi connectivity index (χ3n) is 2.53. The van der Waals surface area contributed by atoms with Crippen LogP contribution in [0.15, 0.2) is 61.2 Å². The molecule has 2 aromatic carbocycles. The Morgan fingerprint density at radius 3 is 2.24 bits per heavy atom. The zero-order valence-electron chi connectivity index (χ0n) is 9.47. The fraction of sp³-hybridized carbons (Fsp3) is 0. The summed E-state index contributed by atoms with van der Waals surface area (Å²) in [5.74, 6) is 0.0250. The normalized spacial score (nSPS) is 9.88. The Morgan fingerprint density at radius 1 is 1.00 bits per heavy atom. The lowest BCUT2D eigenvalue weighted by atomic mass is 10.2. The highest BCUT2D eigenvalue weighted by Crippen LogP contribution is 2.05. The Labute approximate surface area is 101 Å². The molecule has 0 unspecified atom stereocenters. The summed E-state index contributed by atoms with van der Waals surface area (Å²) in [6.45, 7) is 3.69. The van der Waals surface area contributed by atoms with Crippen LogP contribution in [0.2, 0.25) is 0 Å². The van der Waals surface area contributed by atoms with Gasteiger partial charge in [-0.3, -0.25) is 0 Å². The maximum Gasteiger partial charge on any atom is 0.347 e. The van der Waals surface area contributed by atoms with Crippen LogP contribution in [0.25, 0.3) is 6.08 Å². The van der Waals surface area contributed by atoms with Crippen molar-refractivity contribution < 1.29 is 10.1 Å². The Bertz CT molecular complexity index is 514. The number of rotatable bonds is 3. The second-order valence-electron chi connectivity index (χ2n) is 3.75. The van der Waals surface area contributed by atoms with E-state index in [0.717, 1.165) is 11.3 Å². The summed E-state index contributed by atoms with van der Waals surface area (Å²) in [7, 11) is 0. The van der Waals surface area contributed by atoms with Gasteiger partial charge in [0.05, 0.1) is 5.56 Å². The van der Waals surface area contributed by atoms with Crippen LogP contribution >= 0.6 is 0 Å². The van der Waals surface area contributed by atoms with Gasteiger partial charge in [-0.15, -0.1) is 0 Å². The number of hydrogen-bond acceptors (Lipinski definition) is 1. The molecular weight excluding hydrogens is 210 g/mol. The average molecular weight is 224 g/mol. The van der Waals surface area contributed by atoms with E-state index in [1.165, 1.54) is 0 Å². The molecule has 0 heterocycles. The quantitative estimate of drug-likeness (QED) is 0.798. The van der Waals surface area contributed by atoms with Crippen LogP contribution in [0.3, 0.4) is 0 Å². The summed E-state index contributed by atoms with van der Waals surface area (Å²) in [5.41, 5.74) is 2.67. The van der Waals surface area contributed by atoms with Crippen molar-refractivity contribution >= 4 is 17.7 Å². The van der Waals surface area contributed by atoms with Gasteiger partial charge in [-0.2, -0.15) is 0 Å². The van der Waals surface area contributed by atoms with Crippen LogP contribution in [0.4, 0.5) is 5.69 Å². The van der Waals surface area contributed by atoms with E-state index in [0.29, 0.717) is 5.56 Å². The second-order valence-corrected chi connectivity index (χ2v) is 3.75. The number of benzene rings is 2. The van der Waals surface area contributed by atoms with Gasteiger partial charge in [-0.1, -0.05) is 30.9 Å². The van der Waals surface area contributed by atoms with E-state index in [1.807, 2.05) is 54.6 Å². The molecule has 2 nitrogen and oxygen atoms in total. The molecule has 17 heavy (non-hydrogen) atoms. The number of nitrogens with two attached hydrogens (primary N) is 1. The largest absolute Gasteiger partial charge is 0.347 e. The predicted octanol–water partition coefficient (Wildman–Crippen LogP) is 2.36. The van der Waals surface area contributed by atoms with Gasteiger partial charge < -0.3 is 0 Å². The first-order chi connectivity index (χ1) is 8.29. The smallest absolute Gasteiger partial charge is 0.247 e. The van der Waals surface area contributed by atoms with Crippen molar-refractivity contribution in [1.29, 1.82) is 0 Å². The fourth-order valence-corrected chi connectivity index (χ4v) is 1.57. The summed E-state index contributed by atoms with van der Waals surface area (Å²) in [4.78, 5) is 11.9. The number of quaternary nitrogens is 1. The molecule has 0 fully saturated rings. The summed E-state index contributed by atoms with van der Waals surface area (Å²) in [6, 6.07) is 17.0. The first kappa shape index (κ1) is 11.3. The molecular formula is C15H14NO+. The Balaban J connectivity index is 2.10.